The summed E-state index contributed by atoms with van der Waals surface area (Å²) < 4.78 is 9.75. The van der Waals surface area contributed by atoms with E-state index in [4.69, 9.17) is 15.5 Å². The summed E-state index contributed by atoms with van der Waals surface area (Å²) in [6.45, 7) is 3.69. The highest BCUT2D eigenvalue weighted by Crippen LogP contribution is 2.32. The highest BCUT2D eigenvalue weighted by molar-refractivity contribution is 9.10. The van der Waals surface area contributed by atoms with E-state index in [0.717, 1.165) is 53.0 Å². The lowest BCUT2D eigenvalue weighted by molar-refractivity contribution is 0.0753. The summed E-state index contributed by atoms with van der Waals surface area (Å²) in [6, 6.07) is 10.4. The maximum Gasteiger partial charge on any atom is 0.165 e. The van der Waals surface area contributed by atoms with Crippen LogP contribution in [-0.2, 0) is 4.74 Å². The number of rotatable bonds is 5. The van der Waals surface area contributed by atoms with Gasteiger partial charge in [0.25, 0.3) is 0 Å². The molecule has 0 saturated carbocycles. The third kappa shape index (κ3) is 3.84. The van der Waals surface area contributed by atoms with Gasteiger partial charge in [0.2, 0.25) is 0 Å². The smallest absolute Gasteiger partial charge is 0.165 e. The maximum atomic E-state index is 6.42. The van der Waals surface area contributed by atoms with Crippen LogP contribution in [0.3, 0.4) is 0 Å². The molecule has 0 amide bonds. The molecule has 1 atom stereocenters. The van der Waals surface area contributed by atoms with Crippen molar-refractivity contribution in [2.45, 2.75) is 31.8 Å². The van der Waals surface area contributed by atoms with Gasteiger partial charge in [-0.1, -0.05) is 18.2 Å². The fourth-order valence-corrected chi connectivity index (χ4v) is 4.58. The van der Waals surface area contributed by atoms with Crippen molar-refractivity contribution in [2.75, 3.05) is 18.9 Å². The second-order valence-electron chi connectivity index (χ2n) is 7.77. The third-order valence-electron chi connectivity index (χ3n) is 5.68. The van der Waals surface area contributed by atoms with Gasteiger partial charge in [-0.05, 0) is 47.8 Å². The van der Waals surface area contributed by atoms with Crippen molar-refractivity contribution < 1.29 is 4.74 Å². The highest BCUT2D eigenvalue weighted by atomic mass is 79.9. The monoisotopic (exact) mass is 481 g/mol. The zero-order valence-corrected chi connectivity index (χ0v) is 18.8. The molecule has 1 aliphatic heterocycles. The Morgan fingerprint density at radius 1 is 1.16 bits per heavy atom. The van der Waals surface area contributed by atoms with Gasteiger partial charge in [0, 0.05) is 42.6 Å². The van der Waals surface area contributed by atoms with Crippen LogP contribution in [0.5, 0.6) is 0 Å². The van der Waals surface area contributed by atoms with E-state index in [1.807, 2.05) is 47.4 Å². The van der Waals surface area contributed by atoms with Crippen LogP contribution in [0.25, 0.3) is 22.5 Å². The maximum absolute atomic E-state index is 6.42. The van der Waals surface area contributed by atoms with Crippen molar-refractivity contribution in [3.05, 3.63) is 59.1 Å². The quantitative estimate of drug-likeness (QED) is 0.450. The molecule has 1 fully saturated rings. The zero-order valence-electron chi connectivity index (χ0n) is 17.2. The molecule has 4 aromatic rings. The van der Waals surface area contributed by atoms with Crippen molar-refractivity contribution in [1.29, 1.82) is 0 Å². The topological polar surface area (TPSA) is 95.3 Å². The molecular weight excluding hydrogens is 458 g/mol. The molecule has 160 valence electrons. The first-order chi connectivity index (χ1) is 15.1. The number of anilines is 1. The molecule has 1 unspecified atom stereocenters. The number of aromatic nitrogens is 5. The van der Waals surface area contributed by atoms with Crippen molar-refractivity contribution in [3.8, 4) is 16.8 Å². The van der Waals surface area contributed by atoms with Crippen LogP contribution in [0.2, 0.25) is 0 Å². The predicted octanol–water partition coefficient (Wildman–Crippen LogP) is 3.76. The Kier molecular flexibility index (Phi) is 5.47. The lowest BCUT2D eigenvalue weighted by Crippen LogP contribution is -2.37. The normalized spacial score (nSPS) is 16.1. The molecule has 1 aliphatic rings. The number of halogens is 1. The molecule has 4 heterocycles. The Hall–Kier alpha value is -2.75. The second-order valence-corrected chi connectivity index (χ2v) is 8.57. The van der Waals surface area contributed by atoms with E-state index in [-0.39, 0.29) is 6.04 Å². The first kappa shape index (κ1) is 20.2. The number of nitrogen functional groups attached to an aromatic ring is 1. The van der Waals surface area contributed by atoms with Crippen LogP contribution in [0, 0.1) is 0 Å². The van der Waals surface area contributed by atoms with Gasteiger partial charge in [-0.25, -0.2) is 9.67 Å². The molecule has 3 N–H and O–H groups in total. The van der Waals surface area contributed by atoms with E-state index < -0.39 is 0 Å². The van der Waals surface area contributed by atoms with Gasteiger partial charge in [0.15, 0.2) is 5.65 Å². The van der Waals surface area contributed by atoms with Gasteiger partial charge in [-0.3, -0.25) is 0 Å². The van der Waals surface area contributed by atoms with Gasteiger partial charge in [-0.15, -0.1) is 0 Å². The molecule has 0 radical (unpaired) electrons. The Morgan fingerprint density at radius 2 is 1.94 bits per heavy atom. The first-order valence-corrected chi connectivity index (χ1v) is 11.2. The van der Waals surface area contributed by atoms with Crippen molar-refractivity contribution in [1.82, 2.24) is 29.7 Å². The average molecular weight is 482 g/mol. The van der Waals surface area contributed by atoms with Crippen LogP contribution in [0.15, 0.2) is 53.4 Å². The van der Waals surface area contributed by atoms with Crippen molar-refractivity contribution >= 4 is 27.4 Å². The molecular formula is C22H24BrN7O. The molecule has 1 saturated heterocycles. The number of hydrogen-bond acceptors (Lipinski definition) is 6. The highest BCUT2D eigenvalue weighted by Gasteiger charge is 2.23. The van der Waals surface area contributed by atoms with Crippen molar-refractivity contribution in [3.63, 3.8) is 0 Å². The van der Waals surface area contributed by atoms with Crippen LogP contribution in [0.4, 0.5) is 5.82 Å². The first-order valence-electron chi connectivity index (χ1n) is 10.4. The summed E-state index contributed by atoms with van der Waals surface area (Å²) in [5.41, 5.74) is 10.8. The molecule has 0 aliphatic carbocycles. The summed E-state index contributed by atoms with van der Waals surface area (Å²) in [4.78, 5) is 4.96. The van der Waals surface area contributed by atoms with Crippen LogP contribution < -0.4 is 11.1 Å². The minimum Gasteiger partial charge on any atom is -0.383 e. The standard InChI is InChI=1S/C22H24BrN7O/c1-14(27-16-7-9-31-10-8-16)20-19(23)21(24)30-22(28-20)18(12-26-30)15-11-25-29(13-15)17-5-3-2-4-6-17/h2-6,11-14,16,27H,7-10,24H2,1H3. The zero-order chi connectivity index (χ0) is 21.4. The molecule has 0 spiro atoms. The Morgan fingerprint density at radius 3 is 2.71 bits per heavy atom. The van der Waals surface area contributed by atoms with Gasteiger partial charge < -0.3 is 15.8 Å². The predicted molar refractivity (Wildman–Crippen MR) is 123 cm³/mol. The summed E-state index contributed by atoms with van der Waals surface area (Å²) in [5, 5.41) is 12.7. The third-order valence-corrected chi connectivity index (χ3v) is 6.49. The summed E-state index contributed by atoms with van der Waals surface area (Å²) >= 11 is 3.64. The molecule has 9 heteroatoms. The molecule has 31 heavy (non-hydrogen) atoms. The largest absolute Gasteiger partial charge is 0.383 e. The summed E-state index contributed by atoms with van der Waals surface area (Å²) in [6.07, 6.45) is 7.59. The van der Waals surface area contributed by atoms with Gasteiger partial charge in [0.05, 0.1) is 28.2 Å². The van der Waals surface area contributed by atoms with E-state index in [0.29, 0.717) is 17.5 Å². The number of nitrogens with zero attached hydrogens (tertiary/aromatic N) is 5. The van der Waals surface area contributed by atoms with Gasteiger partial charge in [-0.2, -0.15) is 14.7 Å². The SMILES string of the molecule is CC(NC1CCOCC1)c1nc2c(-c3cnn(-c4ccccc4)c3)cnn2c(N)c1Br. The van der Waals surface area contributed by atoms with E-state index in [9.17, 15) is 0 Å². The van der Waals surface area contributed by atoms with Crippen molar-refractivity contribution in [2.24, 2.45) is 0 Å². The van der Waals surface area contributed by atoms with E-state index in [2.05, 4.69) is 38.4 Å². The minimum absolute atomic E-state index is 0.0274. The van der Waals surface area contributed by atoms with Crippen LogP contribution >= 0.6 is 15.9 Å². The lowest BCUT2D eigenvalue weighted by atomic mass is 10.1. The lowest BCUT2D eigenvalue weighted by Gasteiger charge is -2.27. The Bertz CT molecular complexity index is 1200. The minimum atomic E-state index is 0.0274. The number of para-hydroxylation sites is 1. The molecule has 1 aromatic carbocycles. The summed E-state index contributed by atoms with van der Waals surface area (Å²) in [5.74, 6) is 0.530. The van der Waals surface area contributed by atoms with E-state index in [1.54, 1.807) is 10.7 Å². The van der Waals surface area contributed by atoms with Gasteiger partial charge in [0.1, 0.15) is 5.82 Å². The molecule has 8 nitrogen and oxygen atoms in total. The number of nitrogens with two attached hydrogens (primary N) is 1. The second kappa shape index (κ2) is 8.41. The van der Waals surface area contributed by atoms with Crippen LogP contribution in [0.1, 0.15) is 31.5 Å². The Labute approximate surface area is 188 Å². The number of ether oxygens (including phenoxy) is 1. The molecule has 5 rings (SSSR count). The van der Waals surface area contributed by atoms with E-state index in [1.165, 1.54) is 0 Å². The number of benzene rings is 1. The average Bonchev–Trinajstić information content (AvgIpc) is 3.44. The van der Waals surface area contributed by atoms with Gasteiger partial charge >= 0.3 is 0 Å². The number of nitrogens with one attached hydrogen (secondary N) is 1. The Balaban J connectivity index is 1.51. The fourth-order valence-electron chi connectivity index (χ4n) is 3.98. The number of hydrogen-bond donors (Lipinski definition) is 2. The van der Waals surface area contributed by atoms with E-state index >= 15 is 0 Å². The summed E-state index contributed by atoms with van der Waals surface area (Å²) in [7, 11) is 0. The molecule has 0 bridgehead atoms. The fraction of sp³-hybridized carbons (Fsp3) is 0.318. The molecule has 3 aromatic heterocycles. The number of fused-ring (bicyclic) bond motifs is 1. The van der Waals surface area contributed by atoms with Crippen LogP contribution in [-0.4, -0.2) is 43.6 Å².